The Kier molecular flexibility index (Phi) is 4.78. The number of carboxylic acid groups (broad SMARTS) is 1. The third kappa shape index (κ3) is 4.44. The molecule has 0 aliphatic rings. The molecule has 1 heterocycles. The van der Waals surface area contributed by atoms with Gasteiger partial charge >= 0.3 is 5.97 Å². The summed E-state index contributed by atoms with van der Waals surface area (Å²) in [4.78, 5) is 11.7. The minimum absolute atomic E-state index is 0.228. The Hall–Kier alpha value is -0.870. The third-order valence-electron chi connectivity index (χ3n) is 2.30. The van der Waals surface area contributed by atoms with Crippen molar-refractivity contribution >= 4 is 17.3 Å². The molecule has 0 amide bonds. The predicted molar refractivity (Wildman–Crippen MR) is 62.2 cm³/mol. The Balaban J connectivity index is 2.31. The van der Waals surface area contributed by atoms with E-state index in [2.05, 4.69) is 23.7 Å². The van der Waals surface area contributed by atoms with E-state index in [1.54, 1.807) is 11.3 Å². The Morgan fingerprint density at radius 2 is 2.33 bits per heavy atom. The van der Waals surface area contributed by atoms with Gasteiger partial charge in [-0.1, -0.05) is 6.07 Å². The third-order valence-corrected chi connectivity index (χ3v) is 3.35. The topological polar surface area (TPSA) is 49.3 Å². The van der Waals surface area contributed by atoms with Gasteiger partial charge in [-0.25, -0.2) is 0 Å². The van der Waals surface area contributed by atoms with E-state index < -0.39 is 5.97 Å². The number of carboxylic acids is 1. The average molecular weight is 227 g/mol. The van der Waals surface area contributed by atoms with E-state index in [1.165, 1.54) is 4.88 Å². The van der Waals surface area contributed by atoms with Crippen molar-refractivity contribution in [3.05, 3.63) is 22.4 Å². The number of rotatable bonds is 6. The maximum absolute atomic E-state index is 10.4. The van der Waals surface area contributed by atoms with Crippen LogP contribution in [0, 0.1) is 0 Å². The lowest BCUT2D eigenvalue weighted by Gasteiger charge is -2.18. The summed E-state index contributed by atoms with van der Waals surface area (Å²) < 4.78 is 0. The molecular formula is C11H17NO2S. The van der Waals surface area contributed by atoms with Crippen molar-refractivity contribution in [3.8, 4) is 0 Å². The maximum Gasteiger partial charge on any atom is 0.303 e. The lowest BCUT2D eigenvalue weighted by atomic mass is 10.1. The number of hydrogen-bond donors (Lipinski definition) is 2. The van der Waals surface area contributed by atoms with Crippen LogP contribution in [-0.4, -0.2) is 17.1 Å². The zero-order chi connectivity index (χ0) is 11.3. The fourth-order valence-corrected chi connectivity index (χ4v) is 2.21. The molecule has 0 aromatic carbocycles. The van der Waals surface area contributed by atoms with Gasteiger partial charge in [0.2, 0.25) is 0 Å². The molecule has 0 aliphatic heterocycles. The highest BCUT2D eigenvalue weighted by atomic mass is 32.1. The lowest BCUT2D eigenvalue weighted by Crippen LogP contribution is -2.29. The van der Waals surface area contributed by atoms with E-state index in [-0.39, 0.29) is 12.5 Å². The van der Waals surface area contributed by atoms with E-state index >= 15 is 0 Å². The molecule has 2 N–H and O–H groups in total. The van der Waals surface area contributed by atoms with Gasteiger partial charge < -0.3 is 10.4 Å². The number of thiophene rings is 1. The molecule has 0 aliphatic carbocycles. The summed E-state index contributed by atoms with van der Waals surface area (Å²) in [5.41, 5.74) is 0. The molecule has 0 radical (unpaired) electrons. The Bertz CT molecular complexity index is 298. The quantitative estimate of drug-likeness (QED) is 0.785. The largest absolute Gasteiger partial charge is 0.481 e. The van der Waals surface area contributed by atoms with E-state index in [9.17, 15) is 4.79 Å². The summed E-state index contributed by atoms with van der Waals surface area (Å²) in [7, 11) is 0. The second-order valence-electron chi connectivity index (χ2n) is 3.74. The second-order valence-corrected chi connectivity index (χ2v) is 4.72. The lowest BCUT2D eigenvalue weighted by molar-refractivity contribution is -0.137. The molecule has 0 bridgehead atoms. The monoisotopic (exact) mass is 227 g/mol. The molecule has 1 unspecified atom stereocenters. The molecule has 84 valence electrons. The van der Waals surface area contributed by atoms with Crippen LogP contribution in [0.4, 0.5) is 0 Å². The molecule has 3 nitrogen and oxygen atoms in total. The van der Waals surface area contributed by atoms with Crippen LogP contribution in [0.25, 0.3) is 0 Å². The van der Waals surface area contributed by atoms with Gasteiger partial charge in [0.15, 0.2) is 0 Å². The maximum atomic E-state index is 10.4. The summed E-state index contributed by atoms with van der Waals surface area (Å²) in [6.07, 6.45) is 0.899. The zero-order valence-corrected chi connectivity index (χ0v) is 9.88. The van der Waals surface area contributed by atoms with Crippen molar-refractivity contribution in [2.75, 3.05) is 0 Å². The molecule has 0 fully saturated rings. The molecule has 1 aromatic rings. The van der Waals surface area contributed by atoms with E-state index in [0.717, 1.165) is 0 Å². The smallest absolute Gasteiger partial charge is 0.303 e. The summed E-state index contributed by atoms with van der Waals surface area (Å²) in [5, 5.41) is 14.0. The molecule has 4 heteroatoms. The van der Waals surface area contributed by atoms with Gasteiger partial charge in [0.05, 0.1) is 0 Å². The molecule has 0 saturated heterocycles. The highest BCUT2D eigenvalue weighted by Gasteiger charge is 2.11. The van der Waals surface area contributed by atoms with Gasteiger partial charge in [-0.15, -0.1) is 11.3 Å². The summed E-state index contributed by atoms with van der Waals surface area (Å²) in [6, 6.07) is 4.65. The van der Waals surface area contributed by atoms with Gasteiger partial charge in [-0.2, -0.15) is 0 Å². The van der Waals surface area contributed by atoms with Gasteiger partial charge in [0.25, 0.3) is 0 Å². The van der Waals surface area contributed by atoms with Crippen LogP contribution >= 0.6 is 11.3 Å². The van der Waals surface area contributed by atoms with Crippen LogP contribution in [0.1, 0.15) is 37.6 Å². The standard InChI is InChI=1S/C11H17NO2S/c1-8(5-6-11(13)14)12-9(2)10-4-3-7-15-10/h3-4,7-9,12H,5-6H2,1-2H3,(H,13,14)/t8?,9-/m1/s1. The van der Waals surface area contributed by atoms with E-state index in [1.807, 2.05) is 13.0 Å². The SMILES string of the molecule is CC(CCC(=O)O)N[C@H](C)c1cccs1. The first-order valence-corrected chi connectivity index (χ1v) is 5.99. The minimum atomic E-state index is -0.729. The second kappa shape index (κ2) is 5.88. The van der Waals surface area contributed by atoms with Crippen molar-refractivity contribution in [2.24, 2.45) is 0 Å². The first-order chi connectivity index (χ1) is 7.09. The molecule has 2 atom stereocenters. The van der Waals surface area contributed by atoms with Gasteiger partial charge in [-0.05, 0) is 31.7 Å². The predicted octanol–water partition coefficient (Wildman–Crippen LogP) is 2.65. The Labute approximate surface area is 94.1 Å². The summed E-state index contributed by atoms with van der Waals surface area (Å²) in [5.74, 6) is -0.729. The number of nitrogens with one attached hydrogen (secondary N) is 1. The van der Waals surface area contributed by atoms with E-state index in [4.69, 9.17) is 5.11 Å². The minimum Gasteiger partial charge on any atom is -0.481 e. The van der Waals surface area contributed by atoms with Gasteiger partial charge in [0, 0.05) is 23.4 Å². The van der Waals surface area contributed by atoms with Crippen molar-refractivity contribution in [1.29, 1.82) is 0 Å². The van der Waals surface area contributed by atoms with Crippen molar-refractivity contribution in [1.82, 2.24) is 5.32 Å². The Morgan fingerprint density at radius 3 is 2.87 bits per heavy atom. The fraction of sp³-hybridized carbons (Fsp3) is 0.545. The molecular weight excluding hydrogens is 210 g/mol. The number of carbonyl (C=O) groups is 1. The first kappa shape index (κ1) is 12.2. The molecule has 0 spiro atoms. The molecule has 15 heavy (non-hydrogen) atoms. The highest BCUT2D eigenvalue weighted by molar-refractivity contribution is 7.10. The highest BCUT2D eigenvalue weighted by Crippen LogP contribution is 2.19. The fourth-order valence-electron chi connectivity index (χ4n) is 1.47. The first-order valence-electron chi connectivity index (χ1n) is 5.11. The molecule has 0 saturated carbocycles. The molecule has 1 rings (SSSR count). The van der Waals surface area contributed by atoms with Crippen LogP contribution in [0.2, 0.25) is 0 Å². The van der Waals surface area contributed by atoms with E-state index in [0.29, 0.717) is 12.5 Å². The molecule has 1 aromatic heterocycles. The van der Waals surface area contributed by atoms with Crippen LogP contribution in [0.3, 0.4) is 0 Å². The summed E-state index contributed by atoms with van der Waals surface area (Å²) in [6.45, 7) is 4.12. The van der Waals surface area contributed by atoms with Crippen LogP contribution < -0.4 is 5.32 Å². The Morgan fingerprint density at radius 1 is 1.60 bits per heavy atom. The number of aliphatic carboxylic acids is 1. The van der Waals surface area contributed by atoms with Crippen molar-refractivity contribution in [3.63, 3.8) is 0 Å². The van der Waals surface area contributed by atoms with Crippen LogP contribution in [-0.2, 0) is 4.79 Å². The normalized spacial score (nSPS) is 14.8. The van der Waals surface area contributed by atoms with Crippen LogP contribution in [0.15, 0.2) is 17.5 Å². The van der Waals surface area contributed by atoms with Crippen molar-refractivity contribution < 1.29 is 9.90 Å². The van der Waals surface area contributed by atoms with Crippen LogP contribution in [0.5, 0.6) is 0 Å². The number of hydrogen-bond acceptors (Lipinski definition) is 3. The average Bonchev–Trinajstić information content (AvgIpc) is 2.67. The summed E-state index contributed by atoms with van der Waals surface area (Å²) >= 11 is 1.72. The van der Waals surface area contributed by atoms with Gasteiger partial charge in [-0.3, -0.25) is 4.79 Å². The zero-order valence-electron chi connectivity index (χ0n) is 9.06. The van der Waals surface area contributed by atoms with Crippen molar-refractivity contribution in [2.45, 2.75) is 38.8 Å². The van der Waals surface area contributed by atoms with Gasteiger partial charge in [0.1, 0.15) is 0 Å².